The van der Waals surface area contributed by atoms with Gasteiger partial charge in [0.25, 0.3) is 0 Å². The average molecular weight is 621 g/mol. The number of halogens is 5. The number of H-pyrrole nitrogens is 2. The Balaban J connectivity index is 1.70. The van der Waals surface area contributed by atoms with Crippen LogP contribution in [0.1, 0.15) is 32.4 Å². The number of nitrogens with zero attached hydrogens (tertiary/aromatic N) is 4. The van der Waals surface area contributed by atoms with Crippen molar-refractivity contribution in [3.05, 3.63) is 63.0 Å². The summed E-state index contributed by atoms with van der Waals surface area (Å²) in [5.74, 6) is -2.58. The highest BCUT2D eigenvalue weighted by molar-refractivity contribution is 7.99. The van der Waals surface area contributed by atoms with Crippen LogP contribution in [0.4, 0.5) is 27.8 Å². The summed E-state index contributed by atoms with van der Waals surface area (Å²) in [6.07, 6.45) is -3.84. The van der Waals surface area contributed by atoms with Gasteiger partial charge in [-0.15, -0.1) is 11.8 Å². The number of fused-ring (bicyclic) bond motifs is 1. The van der Waals surface area contributed by atoms with Crippen molar-refractivity contribution in [1.29, 1.82) is 0 Å². The van der Waals surface area contributed by atoms with Gasteiger partial charge in [-0.2, -0.15) is 18.2 Å². The van der Waals surface area contributed by atoms with Gasteiger partial charge < -0.3 is 19.8 Å². The summed E-state index contributed by atoms with van der Waals surface area (Å²) < 4.78 is 76.1. The molecule has 0 aliphatic carbocycles. The Kier molecular flexibility index (Phi) is 6.71. The van der Waals surface area contributed by atoms with Gasteiger partial charge in [0, 0.05) is 64.4 Å². The lowest BCUT2D eigenvalue weighted by Crippen LogP contribution is -2.58. The normalized spacial score (nSPS) is 20.7. The second-order valence-electron chi connectivity index (χ2n) is 10.9. The van der Waals surface area contributed by atoms with E-state index in [9.17, 15) is 31.9 Å². The molecule has 2 N–H and O–H groups in total. The summed E-state index contributed by atoms with van der Waals surface area (Å²) in [6.45, 7) is 9.16. The molecule has 43 heavy (non-hydrogen) atoms. The van der Waals surface area contributed by atoms with Crippen LogP contribution < -0.4 is 16.3 Å². The van der Waals surface area contributed by atoms with Crippen molar-refractivity contribution in [1.82, 2.24) is 24.4 Å². The maximum atomic E-state index is 15.5. The molecule has 1 fully saturated rings. The van der Waals surface area contributed by atoms with E-state index in [1.54, 1.807) is 30.6 Å². The summed E-state index contributed by atoms with van der Waals surface area (Å²) in [5.41, 5.74) is -4.92. The molecule has 3 atom stereocenters. The second kappa shape index (κ2) is 9.96. The smallest absolute Gasteiger partial charge is 0.352 e. The molecule has 2 aliphatic heterocycles. The van der Waals surface area contributed by atoms with Crippen LogP contribution in [-0.2, 0) is 11.0 Å². The number of nitrogens with one attached hydrogen (secondary N) is 2. The molecule has 2 aliphatic rings. The van der Waals surface area contributed by atoms with Crippen molar-refractivity contribution in [2.45, 2.75) is 50.0 Å². The van der Waals surface area contributed by atoms with Gasteiger partial charge in [0.1, 0.15) is 17.2 Å². The predicted molar refractivity (Wildman–Crippen MR) is 152 cm³/mol. The highest BCUT2D eigenvalue weighted by Gasteiger charge is 2.41. The minimum atomic E-state index is -5.03. The number of rotatable bonds is 3. The largest absolute Gasteiger partial charge is 0.417 e. The van der Waals surface area contributed by atoms with Gasteiger partial charge in [-0.25, -0.2) is 18.4 Å². The number of aromatic nitrogens is 4. The Morgan fingerprint density at radius 1 is 1.02 bits per heavy atom. The first kappa shape index (κ1) is 29.0. The van der Waals surface area contributed by atoms with Crippen LogP contribution in [0.3, 0.4) is 0 Å². The molecule has 0 bridgehead atoms. The van der Waals surface area contributed by atoms with E-state index in [1.165, 1.54) is 10.6 Å². The van der Waals surface area contributed by atoms with E-state index in [0.717, 1.165) is 17.8 Å². The number of carbonyl (C=O) groups excluding carboxylic acids is 1. The Bertz CT molecular complexity index is 1950. The molecule has 15 heteroatoms. The Morgan fingerprint density at radius 3 is 2.30 bits per heavy atom. The third kappa shape index (κ3) is 4.43. The molecule has 0 saturated carbocycles. The fraction of sp³-hybridized carbons (Fsp3) is 0.357. The monoisotopic (exact) mass is 620 g/mol. The van der Waals surface area contributed by atoms with Gasteiger partial charge in [0.2, 0.25) is 5.91 Å². The number of carbonyl (C=O) groups is 1. The van der Waals surface area contributed by atoms with Gasteiger partial charge in [0.15, 0.2) is 5.82 Å². The first-order valence-corrected chi connectivity index (χ1v) is 14.3. The zero-order chi connectivity index (χ0) is 31.1. The van der Waals surface area contributed by atoms with Crippen molar-refractivity contribution >= 4 is 45.4 Å². The second-order valence-corrected chi connectivity index (χ2v) is 11.9. The number of benzene rings is 2. The molecule has 0 spiro atoms. The molecular weight excluding hydrogens is 595 g/mol. The maximum absolute atomic E-state index is 15.5. The van der Waals surface area contributed by atoms with E-state index < -0.39 is 63.0 Å². The number of thioether (sulfide) groups is 1. The molecular formula is C28H25F5N6O3S. The molecule has 0 unspecified atom stereocenters. The van der Waals surface area contributed by atoms with Crippen LogP contribution in [-0.4, -0.2) is 61.3 Å². The summed E-state index contributed by atoms with van der Waals surface area (Å²) >= 11 is 1.01. The third-order valence-electron chi connectivity index (χ3n) is 7.97. The average Bonchev–Trinajstić information content (AvgIpc) is 3.31. The SMILES string of the molecule is C=CC(=O)N1[C@H](C)CN(c2nc(=O)n3c4c(c(-c5c(F)cc(F)c6[nH]c(=O)[nH]c56)c(C(F)(F)F)cc24)SC[C@@H]3C)C[C@@H]1C. The molecule has 4 heterocycles. The van der Waals surface area contributed by atoms with Gasteiger partial charge in [0.05, 0.1) is 16.6 Å². The maximum Gasteiger partial charge on any atom is 0.417 e. The zero-order valence-electron chi connectivity index (χ0n) is 23.1. The number of aromatic amines is 2. The summed E-state index contributed by atoms with van der Waals surface area (Å²) in [7, 11) is 0. The van der Waals surface area contributed by atoms with Gasteiger partial charge in [-0.1, -0.05) is 6.58 Å². The number of hydrogen-bond donors (Lipinski definition) is 2. The topological polar surface area (TPSA) is 107 Å². The van der Waals surface area contributed by atoms with Crippen LogP contribution in [0.15, 0.2) is 39.3 Å². The third-order valence-corrected chi connectivity index (χ3v) is 9.30. The summed E-state index contributed by atoms with van der Waals surface area (Å²) in [6, 6.07) is 0.0157. The highest BCUT2D eigenvalue weighted by atomic mass is 32.2. The number of amides is 1. The van der Waals surface area contributed by atoms with Crippen LogP contribution in [0.5, 0.6) is 0 Å². The number of hydrogen-bond acceptors (Lipinski definition) is 6. The van der Waals surface area contributed by atoms with Crippen LogP contribution >= 0.6 is 11.8 Å². The van der Waals surface area contributed by atoms with Crippen molar-refractivity contribution in [3.63, 3.8) is 0 Å². The molecule has 6 rings (SSSR count). The minimum Gasteiger partial charge on any atom is -0.352 e. The summed E-state index contributed by atoms with van der Waals surface area (Å²) in [4.78, 5) is 49.9. The first-order chi connectivity index (χ1) is 20.2. The Hall–Kier alpha value is -4.14. The summed E-state index contributed by atoms with van der Waals surface area (Å²) in [5, 5.41) is 0.0222. The lowest BCUT2D eigenvalue weighted by atomic mass is 9.94. The predicted octanol–water partition coefficient (Wildman–Crippen LogP) is 4.81. The van der Waals surface area contributed by atoms with Gasteiger partial charge in [-0.3, -0.25) is 9.36 Å². The molecule has 226 valence electrons. The lowest BCUT2D eigenvalue weighted by Gasteiger charge is -2.45. The first-order valence-electron chi connectivity index (χ1n) is 13.4. The number of imidazole rings is 1. The quantitative estimate of drug-likeness (QED) is 0.252. The number of alkyl halides is 3. The van der Waals surface area contributed by atoms with E-state index in [1.807, 2.05) is 0 Å². The van der Waals surface area contributed by atoms with Crippen molar-refractivity contribution in [2.24, 2.45) is 0 Å². The van der Waals surface area contributed by atoms with Crippen LogP contribution in [0, 0.1) is 11.6 Å². The van der Waals surface area contributed by atoms with Crippen molar-refractivity contribution in [2.75, 3.05) is 23.7 Å². The molecule has 1 saturated heterocycles. The van der Waals surface area contributed by atoms with Crippen molar-refractivity contribution < 1.29 is 26.7 Å². The molecule has 9 nitrogen and oxygen atoms in total. The molecule has 2 aromatic carbocycles. The van der Waals surface area contributed by atoms with E-state index in [2.05, 4.69) is 21.5 Å². The minimum absolute atomic E-state index is 0.00780. The van der Waals surface area contributed by atoms with E-state index in [0.29, 0.717) is 6.07 Å². The molecule has 2 aromatic heterocycles. The highest BCUT2D eigenvalue weighted by Crippen LogP contribution is 2.51. The molecule has 4 aromatic rings. The standard InChI is InChI=1S/C28H25F5N6O3S/c1-5-18(40)38-11(2)8-37(9-12(38)3)25-14-6-15(28(31,32)33)19(24-23(14)39(27(42)36-25)13(4)10-43-24)20-16(29)7-17(30)21-22(20)35-26(41)34-21/h5-7,11-13H,1,8-10H2,2-4H3,(H2,34,35,41)/t11-,12+,13-/m0/s1. The van der Waals surface area contributed by atoms with E-state index >= 15 is 4.39 Å². The molecule has 0 radical (unpaired) electrons. The van der Waals surface area contributed by atoms with Gasteiger partial charge in [-0.05, 0) is 32.9 Å². The lowest BCUT2D eigenvalue weighted by molar-refractivity contribution is -0.137. The fourth-order valence-electron chi connectivity index (χ4n) is 6.30. The number of anilines is 1. The zero-order valence-corrected chi connectivity index (χ0v) is 23.9. The van der Waals surface area contributed by atoms with Gasteiger partial charge >= 0.3 is 17.6 Å². The fourth-order valence-corrected chi connectivity index (χ4v) is 7.56. The Morgan fingerprint density at radius 2 is 1.67 bits per heavy atom. The van der Waals surface area contributed by atoms with Crippen LogP contribution in [0.2, 0.25) is 0 Å². The van der Waals surface area contributed by atoms with E-state index in [4.69, 9.17) is 0 Å². The Labute approximate surface area is 244 Å². The van der Waals surface area contributed by atoms with Crippen LogP contribution in [0.25, 0.3) is 33.1 Å². The van der Waals surface area contributed by atoms with E-state index in [-0.39, 0.29) is 58.4 Å². The number of piperazine rings is 1. The van der Waals surface area contributed by atoms with Crippen molar-refractivity contribution in [3.8, 4) is 11.1 Å². The molecule has 1 amide bonds.